The Balaban J connectivity index is 1.57. The lowest BCUT2D eigenvalue weighted by atomic mass is 10.1. The second-order valence-electron chi connectivity index (χ2n) is 6.96. The molecular formula is C24H22N2O2S. The van der Waals surface area contributed by atoms with Gasteiger partial charge in [0.05, 0.1) is 11.4 Å². The van der Waals surface area contributed by atoms with Crippen LogP contribution in [0.1, 0.15) is 11.1 Å². The van der Waals surface area contributed by atoms with Crippen molar-refractivity contribution in [2.45, 2.75) is 18.0 Å². The Hall–Kier alpha value is -3.05. The maximum absolute atomic E-state index is 13.3. The van der Waals surface area contributed by atoms with Gasteiger partial charge in [0.25, 0.3) is 0 Å². The third kappa shape index (κ3) is 4.69. The molecule has 0 N–H and O–H groups in total. The van der Waals surface area contributed by atoms with Crippen LogP contribution >= 0.6 is 11.8 Å². The van der Waals surface area contributed by atoms with Crippen LogP contribution in [-0.2, 0) is 22.7 Å². The molecule has 0 aromatic heterocycles. The zero-order chi connectivity index (χ0) is 20.1. The summed E-state index contributed by atoms with van der Waals surface area (Å²) in [5, 5.41) is 0. The van der Waals surface area contributed by atoms with Gasteiger partial charge in [0.2, 0.25) is 11.8 Å². The summed E-state index contributed by atoms with van der Waals surface area (Å²) in [6.45, 7) is 1.07. The summed E-state index contributed by atoms with van der Waals surface area (Å²) in [4.78, 5) is 30.4. The topological polar surface area (TPSA) is 40.6 Å². The highest BCUT2D eigenvalue weighted by Gasteiger charge is 2.28. The standard InChI is InChI=1S/C24H22N2O2S/c27-23(17-26-21-13-7-8-14-22(21)29-18-24(26)28)25(15-19-9-3-1-4-10-19)16-20-11-5-2-6-12-20/h1-14H,15-18H2. The number of thioether (sulfide) groups is 1. The average Bonchev–Trinajstić information content (AvgIpc) is 2.76. The Kier molecular flexibility index (Phi) is 5.96. The molecule has 0 fully saturated rings. The number of nitrogens with zero attached hydrogens (tertiary/aromatic N) is 2. The van der Waals surface area contributed by atoms with Crippen LogP contribution in [0.15, 0.2) is 89.8 Å². The van der Waals surface area contributed by atoms with Gasteiger partial charge in [0.15, 0.2) is 0 Å². The van der Waals surface area contributed by atoms with Crippen LogP contribution in [0.3, 0.4) is 0 Å². The van der Waals surface area contributed by atoms with Gasteiger partial charge in [-0.25, -0.2) is 0 Å². The first-order chi connectivity index (χ1) is 14.2. The summed E-state index contributed by atoms with van der Waals surface area (Å²) in [5.41, 5.74) is 2.96. The SMILES string of the molecule is O=C(CN1C(=O)CSc2ccccc21)N(Cc1ccccc1)Cc1ccccc1. The van der Waals surface area contributed by atoms with E-state index in [1.165, 1.54) is 11.8 Å². The predicted molar refractivity (Wildman–Crippen MR) is 117 cm³/mol. The zero-order valence-corrected chi connectivity index (χ0v) is 16.8. The minimum absolute atomic E-state index is 0.0265. The first-order valence-corrected chi connectivity index (χ1v) is 10.6. The van der Waals surface area contributed by atoms with E-state index in [1.54, 1.807) is 4.90 Å². The molecule has 2 amide bonds. The molecule has 1 aliphatic heterocycles. The van der Waals surface area contributed by atoms with E-state index in [0.29, 0.717) is 18.8 Å². The number of rotatable bonds is 6. The summed E-state index contributed by atoms with van der Waals surface area (Å²) < 4.78 is 0. The van der Waals surface area contributed by atoms with Gasteiger partial charge < -0.3 is 9.80 Å². The molecule has 3 aromatic carbocycles. The maximum Gasteiger partial charge on any atom is 0.243 e. The van der Waals surface area contributed by atoms with Crippen LogP contribution < -0.4 is 4.90 Å². The van der Waals surface area contributed by atoms with Crippen LogP contribution in [-0.4, -0.2) is 29.0 Å². The minimum atomic E-state index is -0.0623. The molecule has 0 unspecified atom stereocenters. The second-order valence-corrected chi connectivity index (χ2v) is 7.97. The van der Waals surface area contributed by atoms with E-state index in [2.05, 4.69) is 0 Å². The van der Waals surface area contributed by atoms with Gasteiger partial charge in [-0.3, -0.25) is 9.59 Å². The van der Waals surface area contributed by atoms with Crippen molar-refractivity contribution in [2.24, 2.45) is 0 Å². The van der Waals surface area contributed by atoms with Crippen molar-refractivity contribution in [2.75, 3.05) is 17.2 Å². The Bertz CT molecular complexity index is 951. The summed E-state index contributed by atoms with van der Waals surface area (Å²) in [6.07, 6.45) is 0. The van der Waals surface area contributed by atoms with Gasteiger partial charge in [-0.15, -0.1) is 11.8 Å². The van der Waals surface area contributed by atoms with Crippen molar-refractivity contribution in [3.63, 3.8) is 0 Å². The highest BCUT2D eigenvalue weighted by atomic mass is 32.2. The van der Waals surface area contributed by atoms with Gasteiger partial charge in [-0.1, -0.05) is 72.8 Å². The number of benzene rings is 3. The van der Waals surface area contributed by atoms with Gasteiger partial charge in [0, 0.05) is 18.0 Å². The smallest absolute Gasteiger partial charge is 0.243 e. The number of fused-ring (bicyclic) bond motifs is 1. The molecule has 0 atom stereocenters. The van der Waals surface area contributed by atoms with Crippen molar-refractivity contribution in [1.82, 2.24) is 4.90 Å². The van der Waals surface area contributed by atoms with Crippen LogP contribution in [0.25, 0.3) is 0 Å². The lowest BCUT2D eigenvalue weighted by molar-refractivity contribution is -0.132. The van der Waals surface area contributed by atoms with E-state index >= 15 is 0 Å². The lowest BCUT2D eigenvalue weighted by Crippen LogP contribution is -2.44. The fourth-order valence-electron chi connectivity index (χ4n) is 3.40. The van der Waals surface area contributed by atoms with E-state index in [4.69, 9.17) is 0 Å². The van der Waals surface area contributed by atoms with Crippen molar-refractivity contribution in [1.29, 1.82) is 0 Å². The number of hydrogen-bond donors (Lipinski definition) is 0. The summed E-state index contributed by atoms with van der Waals surface area (Å²) in [7, 11) is 0. The molecule has 5 heteroatoms. The van der Waals surface area contributed by atoms with E-state index in [1.807, 2.05) is 89.8 Å². The fraction of sp³-hybridized carbons (Fsp3) is 0.167. The first-order valence-electron chi connectivity index (χ1n) is 9.58. The molecule has 4 nitrogen and oxygen atoms in total. The van der Waals surface area contributed by atoms with Gasteiger partial charge in [-0.05, 0) is 23.3 Å². The molecule has 29 heavy (non-hydrogen) atoms. The molecule has 3 aromatic rings. The highest BCUT2D eigenvalue weighted by molar-refractivity contribution is 8.00. The maximum atomic E-state index is 13.3. The summed E-state index contributed by atoms with van der Waals surface area (Å²) in [6, 6.07) is 27.7. The molecule has 0 aliphatic carbocycles. The van der Waals surface area contributed by atoms with E-state index in [0.717, 1.165) is 21.7 Å². The normalized spacial score (nSPS) is 13.1. The first kappa shape index (κ1) is 19.3. The van der Waals surface area contributed by atoms with Crippen molar-refractivity contribution < 1.29 is 9.59 Å². The Morgan fingerprint density at radius 3 is 2.00 bits per heavy atom. The average molecular weight is 403 g/mol. The summed E-state index contributed by atoms with van der Waals surface area (Å²) in [5.74, 6) is 0.274. The third-order valence-corrected chi connectivity index (χ3v) is 5.93. The predicted octanol–water partition coefficient (Wildman–Crippen LogP) is 4.35. The molecule has 0 radical (unpaired) electrons. The van der Waals surface area contributed by atoms with Crippen molar-refractivity contribution in [3.05, 3.63) is 96.1 Å². The van der Waals surface area contributed by atoms with Crippen LogP contribution in [0, 0.1) is 0 Å². The molecule has 146 valence electrons. The van der Waals surface area contributed by atoms with Crippen LogP contribution in [0.4, 0.5) is 5.69 Å². The molecular weight excluding hydrogens is 380 g/mol. The van der Waals surface area contributed by atoms with Crippen LogP contribution in [0.2, 0.25) is 0 Å². The lowest BCUT2D eigenvalue weighted by Gasteiger charge is -2.31. The minimum Gasteiger partial charge on any atom is -0.332 e. The largest absolute Gasteiger partial charge is 0.332 e. The highest BCUT2D eigenvalue weighted by Crippen LogP contribution is 2.34. The summed E-state index contributed by atoms with van der Waals surface area (Å²) >= 11 is 1.53. The van der Waals surface area contributed by atoms with Crippen LogP contribution in [0.5, 0.6) is 0 Å². The van der Waals surface area contributed by atoms with E-state index in [9.17, 15) is 9.59 Å². The quantitative estimate of drug-likeness (QED) is 0.615. The third-order valence-electron chi connectivity index (χ3n) is 4.89. The molecule has 0 saturated heterocycles. The van der Waals surface area contributed by atoms with Gasteiger partial charge in [0.1, 0.15) is 6.54 Å². The Morgan fingerprint density at radius 1 is 0.828 bits per heavy atom. The monoisotopic (exact) mass is 402 g/mol. The van der Waals surface area contributed by atoms with Gasteiger partial charge >= 0.3 is 0 Å². The molecule has 0 saturated carbocycles. The number of hydrogen-bond acceptors (Lipinski definition) is 3. The molecule has 1 heterocycles. The molecule has 0 bridgehead atoms. The Morgan fingerprint density at radius 2 is 1.38 bits per heavy atom. The zero-order valence-electron chi connectivity index (χ0n) is 16.0. The van der Waals surface area contributed by atoms with E-state index in [-0.39, 0.29) is 18.4 Å². The second kappa shape index (κ2) is 8.97. The fourth-order valence-corrected chi connectivity index (χ4v) is 4.34. The van der Waals surface area contributed by atoms with Crippen molar-refractivity contribution >= 4 is 29.3 Å². The number of carbonyl (C=O) groups excluding carboxylic acids is 2. The van der Waals surface area contributed by atoms with E-state index < -0.39 is 0 Å². The number of para-hydroxylation sites is 1. The molecule has 0 spiro atoms. The van der Waals surface area contributed by atoms with Gasteiger partial charge in [-0.2, -0.15) is 0 Å². The molecule has 4 rings (SSSR count). The molecule has 1 aliphatic rings. The number of carbonyl (C=O) groups is 2. The number of amides is 2. The number of anilines is 1. The van der Waals surface area contributed by atoms with Crippen molar-refractivity contribution in [3.8, 4) is 0 Å². The Labute approximate surface area is 175 Å².